The molecule has 3 heterocycles. The van der Waals surface area contributed by atoms with Crippen molar-refractivity contribution in [2.75, 3.05) is 25.0 Å². The number of benzene rings is 2. The number of fused-ring (bicyclic) bond motifs is 1. The van der Waals surface area contributed by atoms with E-state index in [9.17, 15) is 14.7 Å². The Morgan fingerprint density at radius 2 is 1.83 bits per heavy atom. The standard InChI is InChI=1S/C27H29N5O4/c1-2-23(34)31-15-13-20(22(33)16-31)21-12-14-29-27-24(26(28)35)25(30-32(21)27)17-8-10-19(11-9-17)36-18-6-4-3-5-7-18/h2-11,20-22,29,33H,1,12-16H2,(H2,28,35)/t20-,21-,22-/m0/s1. The molecule has 9 nitrogen and oxygen atoms in total. The van der Waals surface area contributed by atoms with E-state index in [-0.39, 0.29) is 24.4 Å². The fraction of sp³-hybridized carbons (Fsp3) is 0.296. The van der Waals surface area contributed by atoms with Crippen LogP contribution < -0.4 is 15.8 Å². The van der Waals surface area contributed by atoms with Gasteiger partial charge in [-0.25, -0.2) is 4.68 Å². The van der Waals surface area contributed by atoms with Crippen LogP contribution in [0, 0.1) is 5.92 Å². The summed E-state index contributed by atoms with van der Waals surface area (Å²) in [6.07, 6.45) is 1.91. The number of ether oxygens (including phenoxy) is 1. The third-order valence-electron chi connectivity index (χ3n) is 6.92. The summed E-state index contributed by atoms with van der Waals surface area (Å²) in [5.74, 6) is 1.08. The van der Waals surface area contributed by atoms with Gasteiger partial charge in [0.05, 0.1) is 12.1 Å². The Kier molecular flexibility index (Phi) is 6.47. The minimum absolute atomic E-state index is 0.116. The molecular weight excluding hydrogens is 458 g/mol. The Morgan fingerprint density at radius 3 is 2.50 bits per heavy atom. The number of hydrogen-bond acceptors (Lipinski definition) is 6. The molecule has 2 aliphatic rings. The summed E-state index contributed by atoms with van der Waals surface area (Å²) in [6, 6.07) is 16.7. The predicted molar refractivity (Wildman–Crippen MR) is 136 cm³/mol. The molecule has 1 saturated heterocycles. The van der Waals surface area contributed by atoms with Gasteiger partial charge in [-0.05, 0) is 55.3 Å². The number of primary amides is 1. The number of β-amino-alcohol motifs (C(OH)–C–C–N with tert-alkyl or cyclic N) is 1. The van der Waals surface area contributed by atoms with E-state index in [0.29, 0.717) is 42.3 Å². The van der Waals surface area contributed by atoms with E-state index in [1.165, 1.54) is 6.08 Å². The second kappa shape index (κ2) is 9.87. The van der Waals surface area contributed by atoms with E-state index in [2.05, 4.69) is 11.9 Å². The number of piperidine rings is 1. The maximum absolute atomic E-state index is 12.5. The van der Waals surface area contributed by atoms with E-state index < -0.39 is 12.0 Å². The van der Waals surface area contributed by atoms with Crippen molar-refractivity contribution in [2.45, 2.75) is 25.0 Å². The van der Waals surface area contributed by atoms with Crippen LogP contribution in [0.5, 0.6) is 11.5 Å². The average Bonchev–Trinajstić information content (AvgIpc) is 3.29. The number of nitrogens with zero attached hydrogens (tertiary/aromatic N) is 3. The molecule has 2 aliphatic heterocycles. The Balaban J connectivity index is 1.44. The van der Waals surface area contributed by atoms with E-state index >= 15 is 0 Å². The zero-order valence-corrected chi connectivity index (χ0v) is 19.8. The van der Waals surface area contributed by atoms with Crippen LogP contribution in [0.3, 0.4) is 0 Å². The summed E-state index contributed by atoms with van der Waals surface area (Å²) in [5.41, 5.74) is 7.35. The first kappa shape index (κ1) is 23.6. The number of aliphatic hydroxyl groups excluding tert-OH is 1. The average molecular weight is 488 g/mol. The van der Waals surface area contributed by atoms with E-state index in [4.69, 9.17) is 15.6 Å². The number of carbonyl (C=O) groups is 2. The van der Waals surface area contributed by atoms with Gasteiger partial charge < -0.3 is 25.8 Å². The van der Waals surface area contributed by atoms with Crippen molar-refractivity contribution < 1.29 is 19.4 Å². The number of aliphatic hydroxyl groups is 1. The van der Waals surface area contributed by atoms with E-state index in [1.807, 2.05) is 54.6 Å². The molecule has 1 fully saturated rings. The zero-order valence-electron chi connectivity index (χ0n) is 19.8. The molecule has 5 rings (SSSR count). The highest BCUT2D eigenvalue weighted by molar-refractivity contribution is 6.03. The first-order chi connectivity index (χ1) is 17.5. The van der Waals surface area contributed by atoms with Crippen molar-refractivity contribution in [3.05, 3.63) is 72.8 Å². The van der Waals surface area contributed by atoms with Crippen molar-refractivity contribution in [3.63, 3.8) is 0 Å². The quantitative estimate of drug-likeness (QED) is 0.459. The molecule has 9 heteroatoms. The molecule has 3 aromatic rings. The molecular formula is C27H29N5O4. The van der Waals surface area contributed by atoms with Gasteiger partial charge in [-0.1, -0.05) is 24.8 Å². The highest BCUT2D eigenvalue weighted by Crippen LogP contribution is 2.40. The van der Waals surface area contributed by atoms with Crippen LogP contribution in [0.4, 0.5) is 5.82 Å². The van der Waals surface area contributed by atoms with Crippen LogP contribution in [0.15, 0.2) is 67.3 Å². The molecule has 2 aromatic carbocycles. The summed E-state index contributed by atoms with van der Waals surface area (Å²) in [4.78, 5) is 26.2. The molecule has 0 aliphatic carbocycles. The third-order valence-corrected chi connectivity index (χ3v) is 6.92. The summed E-state index contributed by atoms with van der Waals surface area (Å²) in [5, 5.41) is 19.0. The zero-order chi connectivity index (χ0) is 25.2. The molecule has 4 N–H and O–H groups in total. The number of rotatable bonds is 6. The highest BCUT2D eigenvalue weighted by atomic mass is 16.5. The minimum atomic E-state index is -0.710. The molecule has 0 bridgehead atoms. The van der Waals surface area contributed by atoms with Gasteiger partial charge in [0.2, 0.25) is 5.91 Å². The number of nitrogens with one attached hydrogen (secondary N) is 1. The van der Waals surface area contributed by atoms with Crippen LogP contribution >= 0.6 is 0 Å². The number of likely N-dealkylation sites (tertiary alicyclic amines) is 1. The minimum Gasteiger partial charge on any atom is -0.457 e. The fourth-order valence-corrected chi connectivity index (χ4v) is 5.17. The van der Waals surface area contributed by atoms with Gasteiger partial charge >= 0.3 is 0 Å². The predicted octanol–water partition coefficient (Wildman–Crippen LogP) is 3.19. The van der Waals surface area contributed by atoms with Crippen molar-refractivity contribution in [1.82, 2.24) is 14.7 Å². The number of hydrogen-bond donors (Lipinski definition) is 3. The molecule has 0 saturated carbocycles. The van der Waals surface area contributed by atoms with Crippen molar-refractivity contribution >= 4 is 17.6 Å². The van der Waals surface area contributed by atoms with Crippen molar-refractivity contribution in [2.24, 2.45) is 11.7 Å². The SMILES string of the molecule is C=CC(=O)N1CC[C@@H]([C@@H]2CCNc3c(C(N)=O)c(-c4ccc(Oc5ccccc5)cc4)nn32)[C@@H](O)C1. The number of para-hydroxylation sites is 1. The first-order valence-electron chi connectivity index (χ1n) is 12.0. The number of aromatic nitrogens is 2. The summed E-state index contributed by atoms with van der Waals surface area (Å²) in [6.45, 7) is 4.94. The first-order valence-corrected chi connectivity index (χ1v) is 12.0. The van der Waals surface area contributed by atoms with Crippen LogP contribution in [0.1, 0.15) is 29.2 Å². The number of nitrogens with two attached hydrogens (primary N) is 1. The van der Waals surface area contributed by atoms with Crippen molar-refractivity contribution in [3.8, 4) is 22.8 Å². The second-order valence-electron chi connectivity index (χ2n) is 9.11. The van der Waals surface area contributed by atoms with Gasteiger partial charge in [0.25, 0.3) is 5.91 Å². The molecule has 3 atom stereocenters. The molecule has 36 heavy (non-hydrogen) atoms. The summed E-state index contributed by atoms with van der Waals surface area (Å²) in [7, 11) is 0. The van der Waals surface area contributed by atoms with E-state index in [1.54, 1.807) is 9.58 Å². The van der Waals surface area contributed by atoms with Gasteiger partial charge in [0, 0.05) is 31.1 Å². The van der Waals surface area contributed by atoms with Crippen molar-refractivity contribution in [1.29, 1.82) is 0 Å². The van der Waals surface area contributed by atoms with Gasteiger partial charge in [0.15, 0.2) is 0 Å². The van der Waals surface area contributed by atoms with Crippen LogP contribution in [-0.2, 0) is 4.79 Å². The molecule has 0 radical (unpaired) electrons. The van der Waals surface area contributed by atoms with Crippen LogP contribution in [-0.4, -0.2) is 57.3 Å². The van der Waals surface area contributed by atoms with E-state index in [0.717, 1.165) is 17.7 Å². The molecule has 0 unspecified atom stereocenters. The smallest absolute Gasteiger partial charge is 0.254 e. The van der Waals surface area contributed by atoms with Crippen LogP contribution in [0.25, 0.3) is 11.3 Å². The van der Waals surface area contributed by atoms with Gasteiger partial charge in [0.1, 0.15) is 28.6 Å². The lowest BCUT2D eigenvalue weighted by molar-refractivity contribution is -0.131. The molecule has 186 valence electrons. The topological polar surface area (TPSA) is 123 Å². The lowest BCUT2D eigenvalue weighted by Crippen LogP contribution is -2.49. The molecule has 0 spiro atoms. The normalized spacial score (nSPS) is 21.2. The number of carbonyl (C=O) groups excluding carboxylic acids is 2. The van der Waals surface area contributed by atoms with Gasteiger partial charge in [-0.2, -0.15) is 5.10 Å². The maximum atomic E-state index is 12.5. The Hall–Kier alpha value is -4.11. The summed E-state index contributed by atoms with van der Waals surface area (Å²) < 4.78 is 7.68. The monoisotopic (exact) mass is 487 g/mol. The highest BCUT2D eigenvalue weighted by Gasteiger charge is 2.39. The maximum Gasteiger partial charge on any atom is 0.254 e. The third kappa shape index (κ3) is 4.45. The largest absolute Gasteiger partial charge is 0.457 e. The lowest BCUT2D eigenvalue weighted by atomic mass is 9.84. The lowest BCUT2D eigenvalue weighted by Gasteiger charge is -2.41. The second-order valence-corrected chi connectivity index (χ2v) is 9.11. The molecule has 2 amide bonds. The van der Waals surface area contributed by atoms with Crippen LogP contribution in [0.2, 0.25) is 0 Å². The van der Waals surface area contributed by atoms with Gasteiger partial charge in [-0.3, -0.25) is 9.59 Å². The van der Waals surface area contributed by atoms with Gasteiger partial charge in [-0.15, -0.1) is 0 Å². The number of anilines is 1. The Morgan fingerprint density at radius 1 is 1.11 bits per heavy atom. The Bertz CT molecular complexity index is 1270. The molecule has 1 aromatic heterocycles. The fourth-order valence-electron chi connectivity index (χ4n) is 5.17. The summed E-state index contributed by atoms with van der Waals surface area (Å²) >= 11 is 0. The Labute approximate surface area is 209 Å². The number of amides is 2.